The molecule has 1 N–H and O–H groups in total. The molecule has 0 atom stereocenters. The normalized spacial score (nSPS) is 15.9. The monoisotopic (exact) mass is 379 g/mol. The van der Waals surface area contributed by atoms with Gasteiger partial charge < -0.3 is 15.0 Å². The number of nitriles is 1. The minimum Gasteiger partial charge on any atom is -0.444 e. The van der Waals surface area contributed by atoms with Crippen LogP contribution in [0.1, 0.15) is 39.2 Å². The lowest BCUT2D eigenvalue weighted by Gasteiger charge is -2.34. The molecule has 1 aromatic carbocycles. The molecule has 1 aromatic rings. The van der Waals surface area contributed by atoms with Gasteiger partial charge in [-0.05, 0) is 51.8 Å². The number of nitrogens with one attached hydrogen (secondary N) is 1. The van der Waals surface area contributed by atoms with E-state index in [4.69, 9.17) is 4.74 Å². The number of ether oxygens (including phenoxy) is 1. The number of amides is 1. The summed E-state index contributed by atoms with van der Waals surface area (Å²) in [5, 5.41) is 12.6. The van der Waals surface area contributed by atoms with Gasteiger partial charge in [0.1, 0.15) is 11.7 Å². The van der Waals surface area contributed by atoms with E-state index in [9.17, 15) is 10.1 Å². The largest absolute Gasteiger partial charge is 0.444 e. The summed E-state index contributed by atoms with van der Waals surface area (Å²) in [6.45, 7) is 6.93. The summed E-state index contributed by atoms with van der Waals surface area (Å²) < 4.78 is 6.29. The Labute approximate surface area is 145 Å². The molecular formula is C17H22BrN3O2. The van der Waals surface area contributed by atoms with Gasteiger partial charge in [-0.15, -0.1) is 0 Å². The van der Waals surface area contributed by atoms with Crippen molar-refractivity contribution in [2.24, 2.45) is 0 Å². The van der Waals surface area contributed by atoms with Crippen LogP contribution in [0.3, 0.4) is 0 Å². The third-order valence-corrected chi connectivity index (χ3v) is 4.10. The van der Waals surface area contributed by atoms with E-state index in [1.165, 1.54) is 0 Å². The number of halogens is 1. The Kier molecular flexibility index (Phi) is 5.53. The van der Waals surface area contributed by atoms with Gasteiger partial charge in [0.05, 0.1) is 11.3 Å². The van der Waals surface area contributed by atoms with Crippen LogP contribution >= 0.6 is 15.9 Å². The number of likely N-dealkylation sites (tertiary alicyclic amines) is 1. The van der Waals surface area contributed by atoms with Gasteiger partial charge in [-0.25, -0.2) is 4.79 Å². The maximum absolute atomic E-state index is 12.1. The highest BCUT2D eigenvalue weighted by Gasteiger charge is 2.27. The number of anilines is 1. The van der Waals surface area contributed by atoms with Gasteiger partial charge in [0.15, 0.2) is 0 Å². The first-order valence-corrected chi connectivity index (χ1v) is 8.52. The van der Waals surface area contributed by atoms with Crippen LogP contribution < -0.4 is 5.32 Å². The topological polar surface area (TPSA) is 65.4 Å². The zero-order chi connectivity index (χ0) is 17.0. The zero-order valence-corrected chi connectivity index (χ0v) is 15.3. The van der Waals surface area contributed by atoms with Crippen LogP contribution in [0.4, 0.5) is 10.5 Å². The molecule has 1 heterocycles. The number of hydrogen-bond donors (Lipinski definition) is 1. The molecule has 1 amide bonds. The highest BCUT2D eigenvalue weighted by Crippen LogP contribution is 2.24. The molecule has 0 bridgehead atoms. The molecular weight excluding hydrogens is 358 g/mol. The second-order valence-electron chi connectivity index (χ2n) is 6.69. The van der Waals surface area contributed by atoms with Crippen molar-refractivity contribution in [3.05, 3.63) is 28.2 Å². The first-order valence-electron chi connectivity index (χ1n) is 7.72. The SMILES string of the molecule is CC(C)(C)OC(=O)N1CCC(Nc2ccc(Br)cc2C#N)CC1. The van der Waals surface area contributed by atoms with E-state index < -0.39 is 5.60 Å². The predicted octanol–water partition coefficient (Wildman–Crippen LogP) is 4.13. The maximum atomic E-state index is 12.1. The Balaban J connectivity index is 1.91. The van der Waals surface area contributed by atoms with Crippen LogP contribution in [0.2, 0.25) is 0 Å². The fourth-order valence-electron chi connectivity index (χ4n) is 2.49. The Bertz CT molecular complexity index is 611. The molecule has 0 saturated carbocycles. The van der Waals surface area contributed by atoms with Gasteiger partial charge in [-0.3, -0.25) is 0 Å². The first-order chi connectivity index (χ1) is 10.8. The van der Waals surface area contributed by atoms with Crippen molar-refractivity contribution in [2.75, 3.05) is 18.4 Å². The number of nitrogens with zero attached hydrogens (tertiary/aromatic N) is 2. The van der Waals surface area contributed by atoms with Crippen molar-refractivity contribution in [2.45, 2.75) is 45.3 Å². The standard InChI is InChI=1S/C17H22BrN3O2/c1-17(2,3)23-16(22)21-8-6-14(7-9-21)20-15-5-4-13(18)10-12(15)11-19/h4-5,10,14,20H,6-9H2,1-3H3. The molecule has 124 valence electrons. The van der Waals surface area contributed by atoms with Crippen molar-refractivity contribution in [1.82, 2.24) is 4.90 Å². The molecule has 2 rings (SSSR count). The fraction of sp³-hybridized carbons (Fsp3) is 0.529. The Morgan fingerprint density at radius 2 is 2.04 bits per heavy atom. The molecule has 0 aromatic heterocycles. The fourth-order valence-corrected chi connectivity index (χ4v) is 2.85. The molecule has 0 unspecified atom stereocenters. The van der Waals surface area contributed by atoms with Crippen LogP contribution in [0, 0.1) is 11.3 Å². The second kappa shape index (κ2) is 7.22. The zero-order valence-electron chi connectivity index (χ0n) is 13.7. The summed E-state index contributed by atoms with van der Waals surface area (Å²) in [6.07, 6.45) is 1.41. The van der Waals surface area contributed by atoms with Crippen molar-refractivity contribution >= 4 is 27.7 Å². The second-order valence-corrected chi connectivity index (χ2v) is 7.60. The smallest absolute Gasteiger partial charge is 0.410 e. The quantitative estimate of drug-likeness (QED) is 0.838. The van der Waals surface area contributed by atoms with Crippen molar-refractivity contribution in [3.8, 4) is 6.07 Å². The highest BCUT2D eigenvalue weighted by atomic mass is 79.9. The van der Waals surface area contributed by atoms with E-state index in [2.05, 4.69) is 27.3 Å². The molecule has 23 heavy (non-hydrogen) atoms. The van der Waals surface area contributed by atoms with Gasteiger partial charge in [-0.1, -0.05) is 15.9 Å². The number of carbonyl (C=O) groups excluding carboxylic acids is 1. The molecule has 1 saturated heterocycles. The van der Waals surface area contributed by atoms with Gasteiger partial charge in [0.2, 0.25) is 0 Å². The van der Waals surface area contributed by atoms with E-state index in [-0.39, 0.29) is 12.1 Å². The summed E-state index contributed by atoms with van der Waals surface area (Å²) in [5.74, 6) is 0. The Hall–Kier alpha value is -1.74. The minimum atomic E-state index is -0.467. The van der Waals surface area contributed by atoms with Gasteiger partial charge in [0, 0.05) is 23.6 Å². The van der Waals surface area contributed by atoms with Crippen LogP contribution in [0.25, 0.3) is 0 Å². The third kappa shape index (κ3) is 5.14. The van der Waals surface area contributed by atoms with Crippen molar-refractivity contribution in [3.63, 3.8) is 0 Å². The van der Waals surface area contributed by atoms with Crippen LogP contribution in [-0.4, -0.2) is 35.7 Å². The lowest BCUT2D eigenvalue weighted by molar-refractivity contribution is 0.0210. The highest BCUT2D eigenvalue weighted by molar-refractivity contribution is 9.10. The van der Waals surface area contributed by atoms with E-state index in [0.29, 0.717) is 18.7 Å². The van der Waals surface area contributed by atoms with Crippen molar-refractivity contribution < 1.29 is 9.53 Å². The lowest BCUT2D eigenvalue weighted by atomic mass is 10.0. The van der Waals surface area contributed by atoms with Crippen LogP contribution in [-0.2, 0) is 4.74 Å². The number of benzene rings is 1. The minimum absolute atomic E-state index is 0.252. The van der Waals surface area contributed by atoms with E-state index in [1.807, 2.05) is 32.9 Å². The number of carbonyl (C=O) groups is 1. The summed E-state index contributed by atoms with van der Waals surface area (Å²) in [7, 11) is 0. The molecule has 6 heteroatoms. The Morgan fingerprint density at radius 1 is 1.39 bits per heavy atom. The van der Waals surface area contributed by atoms with Gasteiger partial charge >= 0.3 is 6.09 Å². The molecule has 0 radical (unpaired) electrons. The van der Waals surface area contributed by atoms with Crippen LogP contribution in [0.15, 0.2) is 22.7 Å². The lowest BCUT2D eigenvalue weighted by Crippen LogP contribution is -2.44. The summed E-state index contributed by atoms with van der Waals surface area (Å²) >= 11 is 3.37. The number of piperidine rings is 1. The Morgan fingerprint density at radius 3 is 2.61 bits per heavy atom. The van der Waals surface area contributed by atoms with E-state index in [1.54, 1.807) is 11.0 Å². The molecule has 0 aliphatic carbocycles. The molecule has 1 aliphatic heterocycles. The van der Waals surface area contributed by atoms with Crippen LogP contribution in [0.5, 0.6) is 0 Å². The number of hydrogen-bond acceptors (Lipinski definition) is 4. The van der Waals surface area contributed by atoms with Gasteiger partial charge in [0.25, 0.3) is 0 Å². The van der Waals surface area contributed by atoms with E-state index >= 15 is 0 Å². The third-order valence-electron chi connectivity index (χ3n) is 3.61. The summed E-state index contributed by atoms with van der Waals surface area (Å²) in [4.78, 5) is 13.8. The predicted molar refractivity (Wildman–Crippen MR) is 93.3 cm³/mol. The number of rotatable bonds is 2. The molecule has 5 nitrogen and oxygen atoms in total. The summed E-state index contributed by atoms with van der Waals surface area (Å²) in [6, 6.07) is 8.08. The first kappa shape index (κ1) is 17.6. The maximum Gasteiger partial charge on any atom is 0.410 e. The molecule has 1 aliphatic rings. The van der Waals surface area contributed by atoms with Crippen molar-refractivity contribution in [1.29, 1.82) is 5.26 Å². The van der Waals surface area contributed by atoms with E-state index in [0.717, 1.165) is 23.0 Å². The van der Waals surface area contributed by atoms with Gasteiger partial charge in [-0.2, -0.15) is 5.26 Å². The summed E-state index contributed by atoms with van der Waals surface area (Å²) in [5.41, 5.74) is 0.992. The average molecular weight is 380 g/mol. The average Bonchev–Trinajstić information content (AvgIpc) is 2.48. The molecule has 1 fully saturated rings. The molecule has 0 spiro atoms.